The fourth-order valence-corrected chi connectivity index (χ4v) is 3.82. The molecule has 8 heteroatoms. The van der Waals surface area contributed by atoms with Crippen LogP contribution in [0, 0.1) is 11.3 Å². The summed E-state index contributed by atoms with van der Waals surface area (Å²) >= 11 is 0. The number of nitrogens with zero attached hydrogens (tertiary/aromatic N) is 1. The molecule has 0 fully saturated rings. The van der Waals surface area contributed by atoms with Crippen molar-refractivity contribution in [3.8, 4) is 0 Å². The minimum absolute atomic E-state index is 0.0795. The van der Waals surface area contributed by atoms with Crippen LogP contribution < -0.4 is 11.1 Å². The van der Waals surface area contributed by atoms with Crippen molar-refractivity contribution in [1.29, 1.82) is 5.41 Å². The molecule has 0 aromatic heterocycles. The van der Waals surface area contributed by atoms with Gasteiger partial charge < -0.3 is 21.1 Å². The van der Waals surface area contributed by atoms with Crippen LogP contribution in [0.3, 0.4) is 0 Å². The molecule has 1 unspecified atom stereocenters. The number of hydrogen-bond donors (Lipinski definition) is 4. The average Bonchev–Trinajstić information content (AvgIpc) is 2.79. The monoisotopic (exact) mass is 434 g/mol. The number of amidine groups is 1. The van der Waals surface area contributed by atoms with Crippen LogP contribution >= 0.6 is 0 Å². The van der Waals surface area contributed by atoms with Crippen LogP contribution in [0.2, 0.25) is 0 Å². The van der Waals surface area contributed by atoms with Crippen molar-refractivity contribution in [3.63, 3.8) is 0 Å². The van der Waals surface area contributed by atoms with E-state index in [1.165, 1.54) is 11.0 Å². The normalized spacial score (nSPS) is 15.9. The first-order valence-corrected chi connectivity index (χ1v) is 10.2. The minimum atomic E-state index is -1.11. The van der Waals surface area contributed by atoms with Crippen molar-refractivity contribution in [2.45, 2.75) is 25.4 Å². The van der Waals surface area contributed by atoms with E-state index >= 15 is 0 Å². The van der Waals surface area contributed by atoms with E-state index < -0.39 is 29.7 Å². The maximum Gasteiger partial charge on any atom is 0.326 e. The van der Waals surface area contributed by atoms with E-state index in [0.717, 1.165) is 11.1 Å². The van der Waals surface area contributed by atoms with Crippen molar-refractivity contribution in [3.05, 3.63) is 83.4 Å². The van der Waals surface area contributed by atoms with Gasteiger partial charge in [0.15, 0.2) is 0 Å². The van der Waals surface area contributed by atoms with Crippen LogP contribution in [0.4, 0.5) is 0 Å². The highest BCUT2D eigenvalue weighted by molar-refractivity contribution is 6.02. The van der Waals surface area contributed by atoms with Crippen molar-refractivity contribution < 1.29 is 19.5 Å². The first-order chi connectivity index (χ1) is 15.3. The van der Waals surface area contributed by atoms with Gasteiger partial charge in [0.25, 0.3) is 0 Å². The molecule has 0 bridgehead atoms. The van der Waals surface area contributed by atoms with Gasteiger partial charge in [0.1, 0.15) is 17.8 Å². The maximum absolute atomic E-state index is 13.5. The number of carboxylic acids is 1. The van der Waals surface area contributed by atoms with Gasteiger partial charge in [-0.05, 0) is 23.1 Å². The third-order valence-corrected chi connectivity index (χ3v) is 5.56. The van der Waals surface area contributed by atoms with Crippen molar-refractivity contribution >= 4 is 23.6 Å². The summed E-state index contributed by atoms with van der Waals surface area (Å²) in [5.74, 6) is -3.32. The third kappa shape index (κ3) is 5.03. The topological polar surface area (TPSA) is 137 Å². The first kappa shape index (κ1) is 22.7. The summed E-state index contributed by atoms with van der Waals surface area (Å²) in [4.78, 5) is 39.7. The fourth-order valence-electron chi connectivity index (χ4n) is 3.82. The number of nitrogens with two attached hydrogens (primary N) is 1. The van der Waals surface area contributed by atoms with Crippen LogP contribution in [0.5, 0.6) is 0 Å². The number of carbonyl (C=O) groups excluding carboxylic acids is 2. The molecule has 2 aromatic carbocycles. The van der Waals surface area contributed by atoms with Crippen LogP contribution in [0.25, 0.3) is 0 Å². The number of nitrogen functional groups attached to an aromatic ring is 1. The summed E-state index contributed by atoms with van der Waals surface area (Å²) in [6.07, 6.45) is 1.79. The van der Waals surface area contributed by atoms with Crippen LogP contribution in [-0.2, 0) is 33.8 Å². The molecular formula is C24H26N4O4. The van der Waals surface area contributed by atoms with Gasteiger partial charge in [-0.15, -0.1) is 6.58 Å². The molecule has 2 amide bonds. The number of rotatable bonds is 8. The zero-order valence-corrected chi connectivity index (χ0v) is 17.6. The highest BCUT2D eigenvalue weighted by Crippen LogP contribution is 2.26. The SMILES string of the molecule is C=CCNC(=O)C(Cc1ccc(C(=N)N)cc1)C(=O)N1Cc2ccccc2C[C@H]1C(=O)O. The number of hydrogen-bond acceptors (Lipinski definition) is 4. The lowest BCUT2D eigenvalue weighted by Gasteiger charge is -2.36. The Morgan fingerprint density at radius 2 is 1.84 bits per heavy atom. The minimum Gasteiger partial charge on any atom is -0.480 e. The molecule has 0 saturated carbocycles. The van der Waals surface area contributed by atoms with E-state index in [1.54, 1.807) is 24.3 Å². The Bertz CT molecular complexity index is 1050. The molecule has 3 rings (SSSR count). The molecule has 2 aromatic rings. The Labute approximate surface area is 186 Å². The summed E-state index contributed by atoms with van der Waals surface area (Å²) in [5, 5.41) is 19.9. The summed E-state index contributed by atoms with van der Waals surface area (Å²) in [5.41, 5.74) is 8.48. The highest BCUT2D eigenvalue weighted by atomic mass is 16.4. The number of amides is 2. The van der Waals surface area contributed by atoms with Crippen molar-refractivity contribution in [2.75, 3.05) is 6.54 Å². The Morgan fingerprint density at radius 1 is 1.19 bits per heavy atom. The molecule has 0 spiro atoms. The molecule has 0 saturated heterocycles. The second-order valence-corrected chi connectivity index (χ2v) is 7.69. The molecule has 1 aliphatic rings. The summed E-state index contributed by atoms with van der Waals surface area (Å²) in [7, 11) is 0. The van der Waals surface area contributed by atoms with Gasteiger partial charge in [-0.2, -0.15) is 0 Å². The molecule has 0 radical (unpaired) electrons. The highest BCUT2D eigenvalue weighted by Gasteiger charge is 2.39. The number of fused-ring (bicyclic) bond motifs is 1. The second kappa shape index (κ2) is 9.91. The van der Waals surface area contributed by atoms with Crippen LogP contribution in [0.15, 0.2) is 61.2 Å². The zero-order valence-electron chi connectivity index (χ0n) is 17.6. The largest absolute Gasteiger partial charge is 0.480 e. The Balaban J connectivity index is 1.91. The lowest BCUT2D eigenvalue weighted by atomic mass is 9.90. The number of nitrogens with one attached hydrogen (secondary N) is 2. The average molecular weight is 434 g/mol. The second-order valence-electron chi connectivity index (χ2n) is 7.69. The number of carboxylic acid groups (broad SMARTS) is 1. The predicted octanol–water partition coefficient (Wildman–Crippen LogP) is 1.47. The van der Waals surface area contributed by atoms with Gasteiger partial charge in [-0.25, -0.2) is 4.79 Å². The smallest absolute Gasteiger partial charge is 0.326 e. The predicted molar refractivity (Wildman–Crippen MR) is 120 cm³/mol. The first-order valence-electron chi connectivity index (χ1n) is 10.2. The van der Waals surface area contributed by atoms with Crippen molar-refractivity contribution in [2.24, 2.45) is 11.7 Å². The summed E-state index contributed by atoms with van der Waals surface area (Å²) in [6, 6.07) is 13.1. The van der Waals surface area contributed by atoms with Crippen LogP contribution in [0.1, 0.15) is 22.3 Å². The van der Waals surface area contributed by atoms with E-state index in [-0.39, 0.29) is 31.8 Å². The molecule has 5 N–H and O–H groups in total. The van der Waals surface area contributed by atoms with Gasteiger partial charge in [-0.3, -0.25) is 15.0 Å². The van der Waals surface area contributed by atoms with Crippen molar-refractivity contribution in [1.82, 2.24) is 10.2 Å². The van der Waals surface area contributed by atoms with E-state index in [9.17, 15) is 19.5 Å². The molecule has 1 heterocycles. The Morgan fingerprint density at radius 3 is 2.44 bits per heavy atom. The number of carbonyl (C=O) groups is 3. The van der Waals surface area contributed by atoms with E-state index in [4.69, 9.17) is 11.1 Å². The molecule has 1 aliphatic heterocycles. The zero-order chi connectivity index (χ0) is 23.3. The quantitative estimate of drug-likeness (QED) is 0.216. The summed E-state index contributed by atoms with van der Waals surface area (Å²) in [6.45, 7) is 3.89. The van der Waals surface area contributed by atoms with Gasteiger partial charge in [0.2, 0.25) is 11.8 Å². The lowest BCUT2D eigenvalue weighted by Crippen LogP contribution is -2.53. The van der Waals surface area contributed by atoms with Gasteiger partial charge in [-0.1, -0.05) is 54.6 Å². The van der Waals surface area contributed by atoms with Crippen LogP contribution in [-0.4, -0.2) is 46.2 Å². The van der Waals surface area contributed by atoms with E-state index in [1.807, 2.05) is 24.3 Å². The van der Waals surface area contributed by atoms with Gasteiger partial charge >= 0.3 is 5.97 Å². The van der Waals surface area contributed by atoms with Gasteiger partial charge in [0, 0.05) is 25.1 Å². The Hall–Kier alpha value is -3.94. The Kier molecular flexibility index (Phi) is 7.04. The number of benzene rings is 2. The standard InChI is InChI=1S/C24H26N4O4/c1-2-11-27-22(29)19(12-15-7-9-16(10-8-15)21(25)26)23(30)28-14-18-6-4-3-5-17(18)13-20(28)24(31)32/h2-10,19-20H,1,11-14H2,(H3,25,26)(H,27,29)(H,31,32)/t19?,20-/m0/s1. The molecule has 166 valence electrons. The molecule has 2 atom stereocenters. The van der Waals surface area contributed by atoms with Gasteiger partial charge in [0.05, 0.1) is 0 Å². The van der Waals surface area contributed by atoms with E-state index in [0.29, 0.717) is 11.1 Å². The molecular weight excluding hydrogens is 408 g/mol. The molecule has 0 aliphatic carbocycles. The lowest BCUT2D eigenvalue weighted by molar-refractivity contribution is -0.155. The maximum atomic E-state index is 13.5. The fraction of sp³-hybridized carbons (Fsp3) is 0.250. The number of aliphatic carboxylic acids is 1. The summed E-state index contributed by atoms with van der Waals surface area (Å²) < 4.78 is 0. The van der Waals surface area contributed by atoms with E-state index in [2.05, 4.69) is 11.9 Å². The molecule has 8 nitrogen and oxygen atoms in total. The molecule has 32 heavy (non-hydrogen) atoms. The third-order valence-electron chi connectivity index (χ3n) is 5.56.